The number of rotatable bonds is 4. The lowest BCUT2D eigenvalue weighted by Crippen LogP contribution is -2.50. The van der Waals surface area contributed by atoms with E-state index in [9.17, 15) is 18.0 Å². The number of H-pyrrole nitrogens is 1. The van der Waals surface area contributed by atoms with Crippen molar-refractivity contribution in [1.82, 2.24) is 25.2 Å². The fourth-order valence-corrected chi connectivity index (χ4v) is 5.11. The van der Waals surface area contributed by atoms with Crippen LogP contribution in [-0.4, -0.2) is 56.0 Å². The summed E-state index contributed by atoms with van der Waals surface area (Å²) >= 11 is 0. The molecule has 1 aliphatic carbocycles. The number of carbonyl (C=O) groups is 1. The summed E-state index contributed by atoms with van der Waals surface area (Å²) in [6.07, 6.45) is 2.69. The number of aromatic nitrogens is 3. The van der Waals surface area contributed by atoms with Crippen LogP contribution in [0, 0.1) is 0 Å². The summed E-state index contributed by atoms with van der Waals surface area (Å²) in [4.78, 5) is 26.5. The highest BCUT2D eigenvalue weighted by Crippen LogP contribution is 2.41. The summed E-state index contributed by atoms with van der Waals surface area (Å²) in [7, 11) is 0. The highest BCUT2D eigenvalue weighted by molar-refractivity contribution is 5.97. The van der Waals surface area contributed by atoms with Crippen LogP contribution < -0.4 is 10.6 Å². The Morgan fingerprint density at radius 3 is 2.62 bits per heavy atom. The number of alkyl halides is 3. The molecule has 0 radical (unpaired) electrons. The Balaban J connectivity index is 1.50. The van der Waals surface area contributed by atoms with Crippen molar-refractivity contribution < 1.29 is 18.0 Å². The monoisotopic (exact) mass is 476 g/mol. The number of nitrogens with one attached hydrogen (secondary N) is 3. The zero-order valence-corrected chi connectivity index (χ0v) is 19.7. The van der Waals surface area contributed by atoms with E-state index in [0.29, 0.717) is 36.2 Å². The quantitative estimate of drug-likeness (QED) is 0.610. The van der Waals surface area contributed by atoms with Gasteiger partial charge in [0.25, 0.3) is 5.91 Å². The normalized spacial score (nSPS) is 25.1. The van der Waals surface area contributed by atoms with Crippen LogP contribution in [0.15, 0.2) is 12.4 Å². The molecule has 184 valence electrons. The third-order valence-corrected chi connectivity index (χ3v) is 7.29. The molecule has 2 atom stereocenters. The van der Waals surface area contributed by atoms with E-state index >= 15 is 0 Å². The fourth-order valence-electron chi connectivity index (χ4n) is 5.11. The highest BCUT2D eigenvalue weighted by Gasteiger charge is 2.41. The summed E-state index contributed by atoms with van der Waals surface area (Å²) in [6.45, 7) is 6.94. The number of nitrogens with zero attached hydrogens (tertiary/aromatic N) is 3. The Morgan fingerprint density at radius 2 is 1.97 bits per heavy atom. The van der Waals surface area contributed by atoms with Gasteiger partial charge in [0.15, 0.2) is 0 Å². The molecule has 3 aliphatic rings. The van der Waals surface area contributed by atoms with Crippen molar-refractivity contribution in [3.63, 3.8) is 0 Å². The van der Waals surface area contributed by atoms with E-state index in [4.69, 9.17) is 0 Å². The van der Waals surface area contributed by atoms with Crippen LogP contribution in [0.25, 0.3) is 11.3 Å². The minimum Gasteiger partial charge on any atom is -0.356 e. The predicted octanol–water partition coefficient (Wildman–Crippen LogP) is 4.37. The number of aromatic amines is 1. The Labute approximate surface area is 196 Å². The van der Waals surface area contributed by atoms with Gasteiger partial charge in [0.1, 0.15) is 11.3 Å². The maximum absolute atomic E-state index is 13.9. The summed E-state index contributed by atoms with van der Waals surface area (Å²) in [6, 6.07) is 0.298. The number of amides is 1. The van der Waals surface area contributed by atoms with Gasteiger partial charge < -0.3 is 20.5 Å². The van der Waals surface area contributed by atoms with Crippen molar-refractivity contribution in [3.05, 3.63) is 29.2 Å². The molecule has 2 fully saturated rings. The maximum atomic E-state index is 13.9. The lowest BCUT2D eigenvalue weighted by atomic mass is 9.91. The van der Waals surface area contributed by atoms with Crippen LogP contribution in [0.1, 0.15) is 74.5 Å². The van der Waals surface area contributed by atoms with Crippen molar-refractivity contribution in [2.75, 3.05) is 11.9 Å². The first-order valence-corrected chi connectivity index (χ1v) is 12.0. The molecule has 0 aromatic carbocycles. The Hall–Kier alpha value is -2.62. The fraction of sp³-hybridized carbons (Fsp3) is 0.625. The van der Waals surface area contributed by atoms with E-state index in [2.05, 4.69) is 39.4 Å². The van der Waals surface area contributed by atoms with Crippen LogP contribution in [0.5, 0.6) is 0 Å². The van der Waals surface area contributed by atoms with Crippen LogP contribution in [0.3, 0.4) is 0 Å². The Morgan fingerprint density at radius 1 is 1.21 bits per heavy atom. The van der Waals surface area contributed by atoms with Gasteiger partial charge in [-0.2, -0.15) is 13.2 Å². The van der Waals surface area contributed by atoms with E-state index in [1.807, 2.05) is 11.8 Å². The van der Waals surface area contributed by atoms with Gasteiger partial charge in [-0.25, -0.2) is 9.97 Å². The number of piperidine rings is 1. The average Bonchev–Trinajstić information content (AvgIpc) is 3.51. The summed E-state index contributed by atoms with van der Waals surface area (Å²) < 4.78 is 41.8. The van der Waals surface area contributed by atoms with Crippen molar-refractivity contribution in [2.45, 2.75) is 89.1 Å². The standard InChI is InChI=1S/C24H31F3N6O/c1-13-4-7-16-17(11-28-20(16)21(34)33(13)15-5-6-15)19-18(24(25,26)27)12-29-22(32-19)31-14-8-9-23(2,3)30-10-14/h11-15,28,30H,4-10H2,1-3H3,(H,29,31,32)/t13-,14-/m0/s1. The van der Waals surface area contributed by atoms with Crippen LogP contribution in [-0.2, 0) is 12.6 Å². The molecule has 10 heteroatoms. The lowest BCUT2D eigenvalue weighted by Gasteiger charge is -2.36. The minimum absolute atomic E-state index is 0.0236. The van der Waals surface area contributed by atoms with E-state index in [-0.39, 0.29) is 41.2 Å². The third kappa shape index (κ3) is 4.39. The van der Waals surface area contributed by atoms with Crippen molar-refractivity contribution in [1.29, 1.82) is 0 Å². The van der Waals surface area contributed by atoms with Gasteiger partial charge in [0, 0.05) is 48.2 Å². The van der Waals surface area contributed by atoms with Crippen molar-refractivity contribution in [3.8, 4) is 11.3 Å². The summed E-state index contributed by atoms with van der Waals surface area (Å²) in [5, 5.41) is 6.64. The highest BCUT2D eigenvalue weighted by atomic mass is 19.4. The minimum atomic E-state index is -4.61. The topological polar surface area (TPSA) is 85.9 Å². The molecular formula is C24H31F3N6O. The zero-order valence-electron chi connectivity index (χ0n) is 19.7. The van der Waals surface area contributed by atoms with Gasteiger partial charge in [-0.15, -0.1) is 0 Å². The molecule has 1 amide bonds. The second-order valence-electron chi connectivity index (χ2n) is 10.5. The van der Waals surface area contributed by atoms with Gasteiger partial charge in [-0.05, 0) is 64.9 Å². The molecule has 7 nitrogen and oxygen atoms in total. The molecule has 0 spiro atoms. The van der Waals surface area contributed by atoms with Crippen molar-refractivity contribution >= 4 is 11.9 Å². The lowest BCUT2D eigenvalue weighted by molar-refractivity contribution is -0.137. The van der Waals surface area contributed by atoms with Crippen LogP contribution in [0.2, 0.25) is 0 Å². The average molecular weight is 477 g/mol. The molecule has 2 aromatic heterocycles. The van der Waals surface area contributed by atoms with Crippen LogP contribution in [0.4, 0.5) is 19.1 Å². The number of hydrogen-bond donors (Lipinski definition) is 3. The first-order chi connectivity index (χ1) is 16.0. The molecule has 2 aliphatic heterocycles. The number of hydrogen-bond acceptors (Lipinski definition) is 5. The van der Waals surface area contributed by atoms with Crippen LogP contribution >= 0.6 is 0 Å². The molecular weight excluding hydrogens is 445 g/mol. The van der Waals surface area contributed by atoms with E-state index in [1.165, 1.54) is 6.20 Å². The van der Waals surface area contributed by atoms with Gasteiger partial charge in [-0.1, -0.05) is 0 Å². The second-order valence-corrected chi connectivity index (χ2v) is 10.5. The van der Waals surface area contributed by atoms with E-state index in [0.717, 1.165) is 31.9 Å². The molecule has 3 N–H and O–H groups in total. The van der Waals surface area contributed by atoms with Gasteiger partial charge in [-0.3, -0.25) is 4.79 Å². The molecule has 0 bridgehead atoms. The Kier molecular flexibility index (Phi) is 5.61. The number of halogens is 3. The molecule has 1 saturated heterocycles. The molecule has 5 rings (SSSR count). The molecule has 4 heterocycles. The zero-order chi connectivity index (χ0) is 24.3. The van der Waals surface area contributed by atoms with Gasteiger partial charge in [0.2, 0.25) is 5.95 Å². The molecule has 1 saturated carbocycles. The maximum Gasteiger partial charge on any atom is 0.419 e. The number of fused-ring (bicyclic) bond motifs is 1. The smallest absolute Gasteiger partial charge is 0.356 e. The second kappa shape index (κ2) is 8.25. The van der Waals surface area contributed by atoms with Gasteiger partial charge in [0.05, 0.1) is 5.69 Å². The largest absolute Gasteiger partial charge is 0.419 e. The predicted molar refractivity (Wildman–Crippen MR) is 123 cm³/mol. The Bertz CT molecular complexity index is 1080. The molecule has 0 unspecified atom stereocenters. The molecule has 34 heavy (non-hydrogen) atoms. The summed E-state index contributed by atoms with van der Waals surface area (Å²) in [5.74, 6) is 0.0305. The SMILES string of the molecule is C[C@H]1CCc2c(-c3nc(N[C@H]4CCC(C)(C)NC4)ncc3C(F)(F)F)c[nH]c2C(=O)N1C1CC1. The van der Waals surface area contributed by atoms with Gasteiger partial charge >= 0.3 is 6.18 Å². The summed E-state index contributed by atoms with van der Waals surface area (Å²) in [5.41, 5.74) is 0.264. The number of carbonyl (C=O) groups excluding carboxylic acids is 1. The van der Waals surface area contributed by atoms with Crippen molar-refractivity contribution in [2.24, 2.45) is 0 Å². The van der Waals surface area contributed by atoms with E-state index in [1.54, 1.807) is 0 Å². The third-order valence-electron chi connectivity index (χ3n) is 7.29. The first kappa shape index (κ1) is 23.1. The molecule has 2 aromatic rings. The number of anilines is 1. The first-order valence-electron chi connectivity index (χ1n) is 12.0. The van der Waals surface area contributed by atoms with E-state index < -0.39 is 11.7 Å².